The second kappa shape index (κ2) is 5.19. The number of hydrogen-bond acceptors (Lipinski definition) is 6. The van der Waals surface area contributed by atoms with E-state index >= 15 is 0 Å². The Kier molecular flexibility index (Phi) is 3.23. The van der Waals surface area contributed by atoms with Gasteiger partial charge in [0.2, 0.25) is 0 Å². The predicted octanol–water partition coefficient (Wildman–Crippen LogP) is 2.15. The zero-order valence-electron chi connectivity index (χ0n) is 10.4. The molecule has 0 aliphatic heterocycles. The number of imidazole rings is 1. The van der Waals surface area contributed by atoms with Crippen molar-refractivity contribution in [2.45, 2.75) is 16.3 Å². The molecular weight excluding hydrogens is 272 g/mol. The molecule has 0 saturated carbocycles. The SMILES string of the molecule is N#CCc1cc(Sc2ncnc3nc[nH]c23)ccc1N. The summed E-state index contributed by atoms with van der Waals surface area (Å²) in [5, 5.41) is 9.58. The van der Waals surface area contributed by atoms with Gasteiger partial charge in [-0.3, -0.25) is 0 Å². The molecule has 6 nitrogen and oxygen atoms in total. The van der Waals surface area contributed by atoms with Gasteiger partial charge in [0.15, 0.2) is 5.65 Å². The van der Waals surface area contributed by atoms with Crippen LogP contribution in [-0.4, -0.2) is 19.9 Å². The van der Waals surface area contributed by atoms with Gasteiger partial charge in [-0.25, -0.2) is 15.0 Å². The molecule has 0 aliphatic rings. The van der Waals surface area contributed by atoms with Crippen LogP contribution >= 0.6 is 11.8 Å². The Morgan fingerprint density at radius 3 is 3.05 bits per heavy atom. The van der Waals surface area contributed by atoms with E-state index in [0.29, 0.717) is 17.8 Å². The van der Waals surface area contributed by atoms with Gasteiger partial charge in [-0.2, -0.15) is 5.26 Å². The molecule has 20 heavy (non-hydrogen) atoms. The number of hydrogen-bond donors (Lipinski definition) is 2. The molecule has 3 rings (SSSR count). The lowest BCUT2D eigenvalue weighted by Crippen LogP contribution is -1.93. The van der Waals surface area contributed by atoms with Crippen molar-refractivity contribution in [3.8, 4) is 6.07 Å². The summed E-state index contributed by atoms with van der Waals surface area (Å²) < 4.78 is 0. The first-order valence-corrected chi connectivity index (χ1v) is 6.67. The molecule has 3 aromatic rings. The largest absolute Gasteiger partial charge is 0.398 e. The molecule has 1 aromatic carbocycles. The summed E-state index contributed by atoms with van der Waals surface area (Å²) in [6.07, 6.45) is 3.37. The third-order valence-electron chi connectivity index (χ3n) is 2.79. The predicted molar refractivity (Wildman–Crippen MR) is 76.0 cm³/mol. The van der Waals surface area contributed by atoms with Gasteiger partial charge in [0.25, 0.3) is 0 Å². The Balaban J connectivity index is 1.97. The van der Waals surface area contributed by atoms with Crippen molar-refractivity contribution in [1.29, 1.82) is 5.26 Å². The van der Waals surface area contributed by atoms with Crippen LogP contribution in [0.25, 0.3) is 11.2 Å². The molecule has 0 unspecified atom stereocenters. The number of anilines is 1. The van der Waals surface area contributed by atoms with Crippen molar-refractivity contribution in [2.24, 2.45) is 0 Å². The molecule has 0 amide bonds. The minimum Gasteiger partial charge on any atom is -0.398 e. The van der Waals surface area contributed by atoms with Crippen LogP contribution in [0.4, 0.5) is 5.69 Å². The fourth-order valence-electron chi connectivity index (χ4n) is 1.82. The minimum atomic E-state index is 0.295. The fraction of sp³-hybridized carbons (Fsp3) is 0.0769. The number of nitrogens with zero attached hydrogens (tertiary/aromatic N) is 4. The molecule has 0 spiro atoms. The lowest BCUT2D eigenvalue weighted by atomic mass is 10.1. The van der Waals surface area contributed by atoms with E-state index in [4.69, 9.17) is 11.0 Å². The molecule has 0 fully saturated rings. The Labute approximate surface area is 119 Å². The first kappa shape index (κ1) is 12.4. The average molecular weight is 282 g/mol. The van der Waals surface area contributed by atoms with Crippen LogP contribution in [0.5, 0.6) is 0 Å². The summed E-state index contributed by atoms with van der Waals surface area (Å²) in [7, 11) is 0. The smallest absolute Gasteiger partial charge is 0.181 e. The molecule has 2 aromatic heterocycles. The maximum absolute atomic E-state index is 8.79. The molecule has 3 N–H and O–H groups in total. The summed E-state index contributed by atoms with van der Waals surface area (Å²) >= 11 is 1.48. The van der Waals surface area contributed by atoms with Crippen LogP contribution in [0.1, 0.15) is 5.56 Å². The van der Waals surface area contributed by atoms with Gasteiger partial charge >= 0.3 is 0 Å². The third-order valence-corrected chi connectivity index (χ3v) is 3.78. The first-order valence-electron chi connectivity index (χ1n) is 5.85. The highest BCUT2D eigenvalue weighted by Crippen LogP contribution is 2.31. The summed E-state index contributed by atoms with van der Waals surface area (Å²) in [4.78, 5) is 16.4. The lowest BCUT2D eigenvalue weighted by molar-refractivity contribution is 1.08. The van der Waals surface area contributed by atoms with Crippen molar-refractivity contribution in [3.05, 3.63) is 36.4 Å². The summed E-state index contributed by atoms with van der Waals surface area (Å²) in [6.45, 7) is 0. The summed E-state index contributed by atoms with van der Waals surface area (Å²) in [6, 6.07) is 7.73. The van der Waals surface area contributed by atoms with Crippen LogP contribution in [0.2, 0.25) is 0 Å². The Bertz CT molecular complexity index is 804. The number of fused-ring (bicyclic) bond motifs is 1. The second-order valence-corrected chi connectivity index (χ2v) is 5.14. The Hall–Kier alpha value is -2.59. The van der Waals surface area contributed by atoms with Crippen LogP contribution in [-0.2, 0) is 6.42 Å². The summed E-state index contributed by atoms with van der Waals surface area (Å²) in [5.41, 5.74) is 8.73. The molecule has 2 heterocycles. The highest BCUT2D eigenvalue weighted by molar-refractivity contribution is 7.99. The summed E-state index contributed by atoms with van der Waals surface area (Å²) in [5.74, 6) is 0. The zero-order valence-corrected chi connectivity index (χ0v) is 11.2. The number of benzene rings is 1. The number of nitrogens with two attached hydrogens (primary N) is 1. The van der Waals surface area contributed by atoms with Crippen molar-refractivity contribution < 1.29 is 0 Å². The van der Waals surface area contributed by atoms with Gasteiger partial charge in [0, 0.05) is 10.6 Å². The van der Waals surface area contributed by atoms with Crippen molar-refractivity contribution >= 4 is 28.6 Å². The van der Waals surface area contributed by atoms with Crippen LogP contribution in [0, 0.1) is 11.3 Å². The van der Waals surface area contributed by atoms with Crippen molar-refractivity contribution in [1.82, 2.24) is 19.9 Å². The number of rotatable bonds is 3. The monoisotopic (exact) mass is 282 g/mol. The van der Waals surface area contributed by atoms with E-state index in [1.54, 1.807) is 12.4 Å². The molecule has 0 saturated heterocycles. The van der Waals surface area contributed by atoms with E-state index < -0.39 is 0 Å². The van der Waals surface area contributed by atoms with Crippen molar-refractivity contribution in [3.63, 3.8) is 0 Å². The minimum absolute atomic E-state index is 0.295. The maximum atomic E-state index is 8.79. The standard InChI is InChI=1S/C13H10N6S/c14-4-3-8-5-9(1-2-10(8)15)20-13-11-12(17-6-16-11)18-7-19-13/h1-2,5-7H,3,15H2,(H,16,17,18,19). The maximum Gasteiger partial charge on any atom is 0.181 e. The highest BCUT2D eigenvalue weighted by Gasteiger charge is 2.09. The van der Waals surface area contributed by atoms with Gasteiger partial charge in [-0.15, -0.1) is 0 Å². The van der Waals surface area contributed by atoms with Crippen LogP contribution in [0.15, 0.2) is 40.8 Å². The average Bonchev–Trinajstić information content (AvgIpc) is 2.92. The van der Waals surface area contributed by atoms with Gasteiger partial charge in [-0.1, -0.05) is 11.8 Å². The van der Waals surface area contributed by atoms with Crippen molar-refractivity contribution in [2.75, 3.05) is 5.73 Å². The number of aromatic amines is 1. The molecule has 0 bridgehead atoms. The molecule has 0 aliphatic carbocycles. The van der Waals surface area contributed by atoms with E-state index in [2.05, 4.69) is 26.0 Å². The molecule has 7 heteroatoms. The molecule has 0 radical (unpaired) electrons. The first-order chi connectivity index (χ1) is 9.78. The Morgan fingerprint density at radius 2 is 2.20 bits per heavy atom. The molecule has 98 valence electrons. The van der Waals surface area contributed by atoms with E-state index in [1.165, 1.54) is 18.1 Å². The van der Waals surface area contributed by atoms with Crippen LogP contribution < -0.4 is 5.73 Å². The number of nitriles is 1. The quantitative estimate of drug-likeness (QED) is 0.563. The number of nitrogens with one attached hydrogen (secondary N) is 1. The lowest BCUT2D eigenvalue weighted by Gasteiger charge is -2.05. The van der Waals surface area contributed by atoms with E-state index in [-0.39, 0.29) is 0 Å². The number of H-pyrrole nitrogens is 1. The number of nitrogen functional groups attached to an aromatic ring is 1. The molecule has 0 atom stereocenters. The number of aromatic nitrogens is 4. The van der Waals surface area contributed by atoms with E-state index in [9.17, 15) is 0 Å². The van der Waals surface area contributed by atoms with E-state index in [1.807, 2.05) is 12.1 Å². The van der Waals surface area contributed by atoms with Gasteiger partial charge < -0.3 is 10.7 Å². The molecular formula is C13H10N6S. The van der Waals surface area contributed by atoms with Gasteiger partial charge in [0.05, 0.1) is 18.8 Å². The Morgan fingerprint density at radius 1 is 1.30 bits per heavy atom. The zero-order chi connectivity index (χ0) is 13.9. The van der Waals surface area contributed by atoms with Crippen LogP contribution in [0.3, 0.4) is 0 Å². The normalized spacial score (nSPS) is 10.6. The van der Waals surface area contributed by atoms with E-state index in [0.717, 1.165) is 21.0 Å². The third kappa shape index (κ3) is 2.29. The fourth-order valence-corrected chi connectivity index (χ4v) is 2.73. The van der Waals surface area contributed by atoms with Gasteiger partial charge in [-0.05, 0) is 23.8 Å². The van der Waals surface area contributed by atoms with Gasteiger partial charge in [0.1, 0.15) is 16.9 Å². The highest BCUT2D eigenvalue weighted by atomic mass is 32.2. The topological polar surface area (TPSA) is 104 Å². The second-order valence-electron chi connectivity index (χ2n) is 4.08.